The third kappa shape index (κ3) is 6.01. The average molecular weight is 561 g/mol. The van der Waals surface area contributed by atoms with Crippen LogP contribution in [0, 0.1) is 10.1 Å². The molecule has 4 aromatic rings. The number of H-pyrrole nitrogens is 2. The highest BCUT2D eigenvalue weighted by Crippen LogP contribution is 2.57. The first-order valence-corrected chi connectivity index (χ1v) is 12.2. The van der Waals surface area contributed by atoms with E-state index >= 15 is 0 Å². The Labute approximate surface area is 209 Å². The van der Waals surface area contributed by atoms with Gasteiger partial charge in [0, 0.05) is 24.2 Å². The molecule has 4 N–H and O–H groups in total. The van der Waals surface area contributed by atoms with Gasteiger partial charge in [-0.05, 0) is 11.1 Å². The lowest BCUT2D eigenvalue weighted by Crippen LogP contribution is -2.30. The number of hydrogen-bond acceptors (Lipinski definition) is 6. The van der Waals surface area contributed by atoms with Gasteiger partial charge in [-0.1, -0.05) is 60.7 Å². The summed E-state index contributed by atoms with van der Waals surface area (Å²) in [5.41, 5.74) is -0.848. The third-order valence-electron chi connectivity index (χ3n) is 5.35. The minimum Gasteiger partial charge on any atom is -0.343 e. The summed E-state index contributed by atoms with van der Waals surface area (Å²) in [5, 5.41) is 14.6. The van der Waals surface area contributed by atoms with Gasteiger partial charge in [-0.25, -0.2) is 0 Å². The van der Waals surface area contributed by atoms with Crippen LogP contribution in [0.5, 0.6) is 0 Å². The van der Waals surface area contributed by atoms with Crippen LogP contribution in [0.15, 0.2) is 82.4 Å². The summed E-state index contributed by atoms with van der Waals surface area (Å²) in [7, 11) is -4.11. The van der Waals surface area contributed by atoms with Crippen LogP contribution in [0.3, 0.4) is 0 Å². The Hall–Kier alpha value is -3.37. The van der Waals surface area contributed by atoms with Gasteiger partial charge in [0.15, 0.2) is 0 Å². The van der Waals surface area contributed by atoms with E-state index in [1.807, 2.05) is 30.3 Å². The number of hydrogen-bond donors (Lipinski definition) is 4. The van der Waals surface area contributed by atoms with Gasteiger partial charge in [0.05, 0.1) is 22.1 Å². The number of nitro groups is 1. The van der Waals surface area contributed by atoms with Crippen LogP contribution in [-0.2, 0) is 17.3 Å². The Morgan fingerprint density at radius 1 is 0.943 bits per heavy atom. The molecule has 0 bridgehead atoms. The van der Waals surface area contributed by atoms with Crippen molar-refractivity contribution in [3.63, 3.8) is 0 Å². The molecule has 2 atom stereocenters. The first-order chi connectivity index (χ1) is 16.2. The van der Waals surface area contributed by atoms with Gasteiger partial charge in [-0.15, -0.1) is 17.0 Å². The van der Waals surface area contributed by atoms with Crippen LogP contribution in [-0.4, -0.2) is 19.8 Å². The Kier molecular flexibility index (Phi) is 8.18. The van der Waals surface area contributed by atoms with Crippen molar-refractivity contribution < 1.29 is 14.4 Å². The van der Waals surface area contributed by atoms with Crippen molar-refractivity contribution in [1.29, 1.82) is 0 Å². The quantitative estimate of drug-likeness (QED) is 0.110. The van der Waals surface area contributed by atoms with Gasteiger partial charge in [0.2, 0.25) is 7.37 Å². The monoisotopic (exact) mass is 560 g/mol. The van der Waals surface area contributed by atoms with Gasteiger partial charge in [0.1, 0.15) is 5.78 Å². The molecule has 12 heteroatoms. The lowest BCUT2D eigenvalue weighted by molar-refractivity contribution is -0.384. The molecule has 0 amide bonds. The molecule has 182 valence electrons. The molecule has 3 aromatic carbocycles. The van der Waals surface area contributed by atoms with E-state index in [4.69, 9.17) is 0 Å². The Bertz CT molecular complexity index is 1510. The minimum atomic E-state index is -4.11. The van der Waals surface area contributed by atoms with Crippen molar-refractivity contribution in [2.24, 2.45) is 0 Å². The molecule has 0 aliphatic carbocycles. The lowest BCUT2D eigenvalue weighted by Gasteiger charge is -2.26. The van der Waals surface area contributed by atoms with E-state index in [1.54, 1.807) is 30.3 Å². The summed E-state index contributed by atoms with van der Waals surface area (Å²) in [5.74, 6) is -1.28. The first-order valence-electron chi connectivity index (χ1n) is 10.3. The largest absolute Gasteiger partial charge is 0.343 e. The number of nitrogens with zero attached hydrogens (tertiary/aromatic N) is 1. The number of fused-ring (bicyclic) bond motifs is 1. The van der Waals surface area contributed by atoms with E-state index in [0.29, 0.717) is 5.56 Å². The molecule has 0 radical (unpaired) electrons. The van der Waals surface area contributed by atoms with Crippen LogP contribution in [0.1, 0.15) is 22.5 Å². The summed E-state index contributed by atoms with van der Waals surface area (Å²) >= 11 is 0. The summed E-state index contributed by atoms with van der Waals surface area (Å²) in [6.45, 7) is 0.183. The Morgan fingerprint density at radius 3 is 2.11 bits per heavy atom. The van der Waals surface area contributed by atoms with Crippen molar-refractivity contribution in [2.75, 3.05) is 0 Å². The van der Waals surface area contributed by atoms with Crippen LogP contribution < -0.4 is 16.4 Å². The Morgan fingerprint density at radius 2 is 1.51 bits per heavy atom. The molecule has 1 heterocycles. The van der Waals surface area contributed by atoms with E-state index in [-0.39, 0.29) is 46.3 Å². The number of aromatic nitrogens is 2. The van der Waals surface area contributed by atoms with Crippen molar-refractivity contribution in [2.45, 2.75) is 18.5 Å². The molecule has 0 saturated carbocycles. The standard InChI is InChI=1S/C23H21N4O6P.BrH/c28-21-22(29)26-20-18(11-17(27(30)31)12-19(20)25-21)23(24-13-15-7-3-1-4-8-15)34(32,33)14-16-9-5-2-6-10-16;/h1-12,23-24H,13-14H2,(H,25,28)(H,26,29)(H,32,33);1H. The van der Waals surface area contributed by atoms with Crippen LogP contribution >= 0.6 is 24.4 Å². The van der Waals surface area contributed by atoms with Crippen molar-refractivity contribution in [3.8, 4) is 0 Å². The average Bonchev–Trinajstić information content (AvgIpc) is 2.81. The highest BCUT2D eigenvalue weighted by atomic mass is 79.9. The van der Waals surface area contributed by atoms with E-state index in [2.05, 4.69) is 15.3 Å². The number of nitrogens with one attached hydrogen (secondary N) is 3. The van der Waals surface area contributed by atoms with E-state index < -0.39 is 34.9 Å². The molecule has 0 spiro atoms. The zero-order valence-electron chi connectivity index (χ0n) is 18.2. The number of nitro benzene ring substituents is 1. The molecule has 10 nitrogen and oxygen atoms in total. The van der Waals surface area contributed by atoms with Crippen molar-refractivity contribution in [3.05, 3.63) is 120 Å². The van der Waals surface area contributed by atoms with Crippen LogP contribution in [0.25, 0.3) is 11.0 Å². The van der Waals surface area contributed by atoms with Crippen LogP contribution in [0.2, 0.25) is 0 Å². The maximum absolute atomic E-state index is 13.7. The summed E-state index contributed by atoms with van der Waals surface area (Å²) in [6, 6.07) is 20.1. The first kappa shape index (κ1) is 26.2. The molecule has 1 aromatic heterocycles. The van der Waals surface area contributed by atoms with Gasteiger partial charge in [0.25, 0.3) is 5.69 Å². The molecule has 0 fully saturated rings. The zero-order chi connectivity index (χ0) is 24.3. The van der Waals surface area contributed by atoms with Crippen molar-refractivity contribution in [1.82, 2.24) is 15.3 Å². The van der Waals surface area contributed by atoms with E-state index in [9.17, 15) is 29.2 Å². The zero-order valence-corrected chi connectivity index (χ0v) is 20.8. The van der Waals surface area contributed by atoms with Gasteiger partial charge >= 0.3 is 11.1 Å². The summed E-state index contributed by atoms with van der Waals surface area (Å²) < 4.78 is 13.7. The van der Waals surface area contributed by atoms with Gasteiger partial charge in [-0.3, -0.25) is 29.6 Å². The molecule has 0 saturated heterocycles. The summed E-state index contributed by atoms with van der Waals surface area (Å²) in [4.78, 5) is 50.8. The minimum absolute atomic E-state index is 0. The van der Waals surface area contributed by atoms with Crippen LogP contribution in [0.4, 0.5) is 5.69 Å². The predicted molar refractivity (Wildman–Crippen MR) is 138 cm³/mol. The maximum atomic E-state index is 13.7. The number of halogens is 1. The highest BCUT2D eigenvalue weighted by molar-refractivity contribution is 8.93. The number of benzene rings is 3. The SMILES string of the molecule is Br.O=c1[nH]c2cc([N+](=O)[O-])cc(C(NCc3ccccc3)P(=O)(O)Cc3ccccc3)c2[nH]c1=O. The maximum Gasteiger partial charge on any atom is 0.314 e. The fourth-order valence-electron chi connectivity index (χ4n) is 3.77. The second-order valence-electron chi connectivity index (χ2n) is 7.79. The third-order valence-corrected chi connectivity index (χ3v) is 7.44. The fraction of sp³-hybridized carbons (Fsp3) is 0.130. The molecule has 2 unspecified atom stereocenters. The molecule has 0 aliphatic rings. The number of non-ortho nitro benzene ring substituents is 1. The van der Waals surface area contributed by atoms with Gasteiger partial charge < -0.3 is 14.9 Å². The lowest BCUT2D eigenvalue weighted by atomic mass is 10.1. The Balaban J connectivity index is 0.00000342. The fourth-order valence-corrected chi connectivity index (χ4v) is 5.71. The highest BCUT2D eigenvalue weighted by Gasteiger charge is 2.35. The van der Waals surface area contributed by atoms with Crippen molar-refractivity contribution >= 4 is 41.1 Å². The van der Waals surface area contributed by atoms with E-state index in [0.717, 1.165) is 17.7 Å². The van der Waals surface area contributed by atoms with Gasteiger partial charge in [-0.2, -0.15) is 0 Å². The molecule has 0 aliphatic heterocycles. The van der Waals surface area contributed by atoms with E-state index in [1.165, 1.54) is 0 Å². The molecular formula is C23H22BrN4O6P. The molecular weight excluding hydrogens is 539 g/mol. The normalized spacial score (nSPS) is 13.5. The topological polar surface area (TPSA) is 158 Å². The molecule has 4 rings (SSSR count). The second-order valence-corrected chi connectivity index (χ2v) is 10.1. The predicted octanol–water partition coefficient (Wildman–Crippen LogP) is 3.96. The molecule has 35 heavy (non-hydrogen) atoms. The number of rotatable bonds is 8. The second kappa shape index (κ2) is 10.9. The smallest absolute Gasteiger partial charge is 0.314 e. The number of aromatic amines is 2. The summed E-state index contributed by atoms with van der Waals surface area (Å²) in [6.07, 6.45) is -0.210.